The highest BCUT2D eigenvalue weighted by Gasteiger charge is 2.37. The van der Waals surface area contributed by atoms with Crippen LogP contribution in [0, 0.1) is 5.92 Å². The summed E-state index contributed by atoms with van der Waals surface area (Å²) in [4.78, 5) is 59.8. The van der Waals surface area contributed by atoms with Crippen molar-refractivity contribution < 1.29 is 54.4 Å². The lowest BCUT2D eigenvalue weighted by molar-refractivity contribution is -0.492. The molecule has 0 aromatic heterocycles. The van der Waals surface area contributed by atoms with Crippen LogP contribution in [-0.4, -0.2) is 104 Å². The van der Waals surface area contributed by atoms with Crippen LogP contribution in [0.15, 0.2) is 0 Å². The zero-order chi connectivity index (χ0) is 27.1. The molecule has 1 heterocycles. The molecule has 0 spiro atoms. The number of carbonyl (C=O) groups excluding carboxylic acids is 4. The minimum Gasteiger partial charge on any atom is -0.464 e. The van der Waals surface area contributed by atoms with E-state index in [4.69, 9.17) is 25.6 Å². The molecule has 208 valence electrons. The van der Waals surface area contributed by atoms with Crippen LogP contribution in [0.2, 0.25) is 0 Å². The van der Waals surface area contributed by atoms with Crippen molar-refractivity contribution in [2.24, 2.45) is 5.92 Å². The summed E-state index contributed by atoms with van der Waals surface area (Å²) in [7, 11) is 0. The maximum atomic E-state index is 12.9. The zero-order valence-electron chi connectivity index (χ0n) is 20.4. The largest absolute Gasteiger partial charge is 0.464 e. The summed E-state index contributed by atoms with van der Waals surface area (Å²) in [5.74, 6) is -1.50. The van der Waals surface area contributed by atoms with Gasteiger partial charge in [-0.05, 0) is 32.6 Å². The Morgan fingerprint density at radius 2 is 1.64 bits per heavy atom. The molecule has 0 radical (unpaired) electrons. The number of amides is 2. The molecule has 0 aromatic carbocycles. The second kappa shape index (κ2) is 17.5. The molecule has 3 atom stereocenters. The first-order valence-corrected chi connectivity index (χ1v) is 12.6. The molecule has 1 aliphatic rings. The number of thioether (sulfide) groups is 1. The molecule has 1 unspecified atom stereocenters. The highest BCUT2D eigenvalue weighted by atomic mass is 32.2. The monoisotopic (exact) mass is 540 g/mol. The number of ether oxygens (including phenoxy) is 1. The third kappa shape index (κ3) is 12.9. The summed E-state index contributed by atoms with van der Waals surface area (Å²) in [5.41, 5.74) is 0. The molecule has 1 saturated heterocycles. The number of unbranched alkanes of at least 4 members (excludes halogenated alkanes) is 1. The van der Waals surface area contributed by atoms with Gasteiger partial charge in [-0.3, -0.25) is 44.9 Å². The van der Waals surface area contributed by atoms with E-state index in [0.717, 1.165) is 11.8 Å². The van der Waals surface area contributed by atoms with Gasteiger partial charge >= 0.3 is 5.97 Å². The first-order valence-electron chi connectivity index (χ1n) is 11.6. The number of carbonyl (C=O) groups is 4. The number of esters is 1. The summed E-state index contributed by atoms with van der Waals surface area (Å²) in [6.45, 7) is 3.57. The minimum atomic E-state index is -0.756. The molecule has 36 heavy (non-hydrogen) atoms. The molecule has 0 aromatic rings. The zero-order valence-corrected chi connectivity index (χ0v) is 21.2. The topological polar surface area (TPSA) is 199 Å². The van der Waals surface area contributed by atoms with Gasteiger partial charge in [-0.15, -0.1) is 0 Å². The SMILES string of the molecule is CC(NC(=O)CCCCON(O)O)C(=O)SC[C@@H](C)C(=O)N1CCC[C@H]1C(=O)OCCCON(O)O. The average Bonchev–Trinajstić information content (AvgIpc) is 3.30. The Balaban J connectivity index is 2.36. The lowest BCUT2D eigenvalue weighted by atomic mass is 10.1. The number of nitrogens with one attached hydrogen (secondary N) is 1. The molecule has 5 N–H and O–H groups in total. The minimum absolute atomic E-state index is 0.00752. The van der Waals surface area contributed by atoms with Gasteiger partial charge in [-0.1, -0.05) is 18.7 Å². The van der Waals surface area contributed by atoms with Crippen LogP contribution in [0.1, 0.15) is 52.4 Å². The standard InChI is InChI=1S/C20H36N4O11S/c1-14(13-36-20(28)15(2)21-17(25)8-3-4-11-34-23(29)30)18(26)22-9-5-7-16(22)19(27)33-10-6-12-35-24(31)32/h14-16,29-32H,3-13H2,1-2H3,(H,21,25)/t14-,15?,16+/m1/s1. The molecule has 0 bridgehead atoms. The van der Waals surface area contributed by atoms with Crippen molar-refractivity contribution >= 4 is 34.7 Å². The van der Waals surface area contributed by atoms with Crippen molar-refractivity contribution in [3.05, 3.63) is 0 Å². The van der Waals surface area contributed by atoms with Gasteiger partial charge < -0.3 is 15.0 Å². The van der Waals surface area contributed by atoms with Crippen molar-refractivity contribution in [3.63, 3.8) is 0 Å². The highest BCUT2D eigenvalue weighted by Crippen LogP contribution is 2.23. The van der Waals surface area contributed by atoms with E-state index < -0.39 is 34.8 Å². The lowest BCUT2D eigenvalue weighted by Gasteiger charge is -2.26. The van der Waals surface area contributed by atoms with Crippen LogP contribution in [0.25, 0.3) is 0 Å². The Labute approximate surface area is 213 Å². The Morgan fingerprint density at radius 1 is 1.00 bits per heavy atom. The van der Waals surface area contributed by atoms with Gasteiger partial charge in [0.15, 0.2) is 0 Å². The summed E-state index contributed by atoms with van der Waals surface area (Å²) >= 11 is 0.931. The maximum absolute atomic E-state index is 12.9. The number of hydrogen-bond acceptors (Lipinski definition) is 14. The van der Waals surface area contributed by atoms with E-state index in [1.165, 1.54) is 4.90 Å². The van der Waals surface area contributed by atoms with Crippen LogP contribution >= 0.6 is 11.8 Å². The Hall–Kier alpha value is -1.89. The molecule has 0 saturated carbocycles. The molecule has 1 fully saturated rings. The molecule has 1 aliphatic heterocycles. The van der Waals surface area contributed by atoms with Gasteiger partial charge in [0.25, 0.3) is 0 Å². The van der Waals surface area contributed by atoms with E-state index in [2.05, 4.69) is 15.0 Å². The Kier molecular flexibility index (Phi) is 15.7. The van der Waals surface area contributed by atoms with E-state index in [0.29, 0.717) is 32.2 Å². The summed E-state index contributed by atoms with van der Waals surface area (Å²) < 4.78 is 5.16. The van der Waals surface area contributed by atoms with Crippen LogP contribution in [0.4, 0.5) is 0 Å². The van der Waals surface area contributed by atoms with Crippen LogP contribution in [0.3, 0.4) is 0 Å². The van der Waals surface area contributed by atoms with Crippen molar-refractivity contribution in [2.45, 2.75) is 64.5 Å². The molecule has 1 rings (SSSR count). The Morgan fingerprint density at radius 3 is 2.28 bits per heavy atom. The number of hydrogen-bond donors (Lipinski definition) is 5. The molecule has 16 heteroatoms. The Bertz CT molecular complexity index is 713. The maximum Gasteiger partial charge on any atom is 0.328 e. The van der Waals surface area contributed by atoms with E-state index in [-0.39, 0.29) is 55.3 Å². The van der Waals surface area contributed by atoms with E-state index >= 15 is 0 Å². The molecule has 15 nitrogen and oxygen atoms in total. The van der Waals surface area contributed by atoms with Gasteiger partial charge in [-0.25, -0.2) is 4.79 Å². The molecular weight excluding hydrogens is 504 g/mol. The fourth-order valence-electron chi connectivity index (χ4n) is 3.34. The third-order valence-corrected chi connectivity index (χ3v) is 6.49. The molecule has 0 aliphatic carbocycles. The van der Waals surface area contributed by atoms with Crippen molar-refractivity contribution in [1.82, 2.24) is 21.0 Å². The first kappa shape index (κ1) is 32.1. The molecular formula is C20H36N4O11S. The van der Waals surface area contributed by atoms with E-state index in [1.807, 2.05) is 0 Å². The number of rotatable bonds is 17. The van der Waals surface area contributed by atoms with Gasteiger partial charge in [-0.2, -0.15) is 0 Å². The van der Waals surface area contributed by atoms with Crippen molar-refractivity contribution in [1.29, 1.82) is 0 Å². The van der Waals surface area contributed by atoms with E-state index in [9.17, 15) is 19.2 Å². The van der Waals surface area contributed by atoms with Crippen LogP contribution in [0.5, 0.6) is 0 Å². The average molecular weight is 541 g/mol. The highest BCUT2D eigenvalue weighted by molar-refractivity contribution is 8.13. The van der Waals surface area contributed by atoms with Gasteiger partial charge in [0.1, 0.15) is 6.04 Å². The van der Waals surface area contributed by atoms with E-state index in [1.54, 1.807) is 13.8 Å². The first-order chi connectivity index (χ1) is 17.0. The van der Waals surface area contributed by atoms with Crippen molar-refractivity contribution in [3.8, 4) is 0 Å². The molecule has 2 amide bonds. The second-order valence-corrected chi connectivity index (χ2v) is 9.18. The number of nitrogens with zero attached hydrogens (tertiary/aromatic N) is 3. The lowest BCUT2D eigenvalue weighted by Crippen LogP contribution is -2.44. The smallest absolute Gasteiger partial charge is 0.328 e. The fourth-order valence-corrected chi connectivity index (χ4v) is 4.21. The quantitative estimate of drug-likeness (QED) is 0.0970. The van der Waals surface area contributed by atoms with Crippen LogP contribution in [-0.2, 0) is 33.6 Å². The predicted molar refractivity (Wildman–Crippen MR) is 121 cm³/mol. The summed E-state index contributed by atoms with van der Waals surface area (Å²) in [5, 5.41) is 35.2. The summed E-state index contributed by atoms with van der Waals surface area (Å²) in [6.07, 6.45) is 2.32. The van der Waals surface area contributed by atoms with Gasteiger partial charge in [0, 0.05) is 31.1 Å². The number of likely N-dealkylation sites (tertiary alicyclic amines) is 1. The summed E-state index contributed by atoms with van der Waals surface area (Å²) in [6, 6.07) is -1.47. The van der Waals surface area contributed by atoms with Crippen molar-refractivity contribution in [2.75, 3.05) is 32.1 Å². The normalized spacial score (nSPS) is 17.3. The third-order valence-electron chi connectivity index (χ3n) is 5.18. The van der Waals surface area contributed by atoms with Gasteiger partial charge in [0.05, 0.1) is 36.6 Å². The predicted octanol–water partition coefficient (Wildman–Crippen LogP) is 0.506. The second-order valence-electron chi connectivity index (χ2n) is 8.16. The fraction of sp³-hybridized carbons (Fsp3) is 0.800. The van der Waals surface area contributed by atoms with Gasteiger partial charge in [0.2, 0.25) is 16.9 Å². The van der Waals surface area contributed by atoms with Crippen LogP contribution < -0.4 is 5.32 Å².